The maximum atomic E-state index is 11.8. The number of aromatic nitrogens is 2. The normalized spacial score (nSPS) is 9.83. The van der Waals surface area contributed by atoms with Crippen LogP contribution in [0.4, 0.5) is 5.69 Å². The molecule has 0 radical (unpaired) electrons. The van der Waals surface area contributed by atoms with Gasteiger partial charge >= 0.3 is 0 Å². The molecular formula is C12H13N5O. The van der Waals surface area contributed by atoms with Crippen LogP contribution in [0.5, 0.6) is 0 Å². The highest BCUT2D eigenvalue weighted by Gasteiger charge is 2.06. The molecule has 0 aliphatic rings. The van der Waals surface area contributed by atoms with Gasteiger partial charge in [-0.15, -0.1) is 0 Å². The molecule has 18 heavy (non-hydrogen) atoms. The van der Waals surface area contributed by atoms with E-state index in [1.165, 1.54) is 6.20 Å². The third-order valence-electron chi connectivity index (χ3n) is 2.37. The number of amides is 1. The second-order valence-corrected chi connectivity index (χ2v) is 3.61. The number of nitrogens with zero attached hydrogens (tertiary/aromatic N) is 2. The second kappa shape index (κ2) is 5.74. The molecule has 0 aromatic carbocycles. The van der Waals surface area contributed by atoms with E-state index in [0.29, 0.717) is 17.9 Å². The summed E-state index contributed by atoms with van der Waals surface area (Å²) in [6, 6.07) is 6.98. The molecule has 0 aliphatic heterocycles. The van der Waals surface area contributed by atoms with Crippen molar-refractivity contribution in [3.8, 4) is 0 Å². The number of anilines is 1. The van der Waals surface area contributed by atoms with Crippen LogP contribution in [0.3, 0.4) is 0 Å². The molecule has 1 amide bonds. The van der Waals surface area contributed by atoms with Gasteiger partial charge in [0.05, 0.1) is 11.9 Å². The van der Waals surface area contributed by atoms with Crippen molar-refractivity contribution in [2.45, 2.75) is 6.54 Å². The summed E-state index contributed by atoms with van der Waals surface area (Å²) >= 11 is 0. The Hall–Kier alpha value is -2.47. The average Bonchev–Trinajstić information content (AvgIpc) is 2.46. The van der Waals surface area contributed by atoms with E-state index in [0.717, 1.165) is 5.56 Å². The van der Waals surface area contributed by atoms with Gasteiger partial charge in [0, 0.05) is 18.9 Å². The summed E-state index contributed by atoms with van der Waals surface area (Å²) in [5.74, 6) is 4.99. The number of rotatable bonds is 4. The number of nitrogens with two attached hydrogens (primary N) is 1. The number of pyridine rings is 2. The number of nitrogen functional groups attached to an aromatic ring is 1. The van der Waals surface area contributed by atoms with Gasteiger partial charge in [-0.3, -0.25) is 15.6 Å². The standard InChI is InChI=1S/C12H13N5O/c13-17-10-1-2-11(15-8-10)12(18)16-7-9-3-5-14-6-4-9/h1-6,8,17H,7,13H2,(H,16,18). The summed E-state index contributed by atoms with van der Waals surface area (Å²) in [6.07, 6.45) is 4.87. The Morgan fingerprint density at radius 2 is 2.00 bits per heavy atom. The lowest BCUT2D eigenvalue weighted by atomic mass is 10.2. The summed E-state index contributed by atoms with van der Waals surface area (Å²) in [6.45, 7) is 0.444. The Labute approximate surface area is 104 Å². The lowest BCUT2D eigenvalue weighted by Crippen LogP contribution is -2.23. The molecule has 6 nitrogen and oxygen atoms in total. The van der Waals surface area contributed by atoms with E-state index >= 15 is 0 Å². The first-order chi connectivity index (χ1) is 8.79. The predicted octanol–water partition coefficient (Wildman–Crippen LogP) is 0.692. The Morgan fingerprint density at radius 3 is 2.61 bits per heavy atom. The summed E-state index contributed by atoms with van der Waals surface area (Å²) in [5.41, 5.74) is 4.44. The van der Waals surface area contributed by atoms with Crippen LogP contribution < -0.4 is 16.6 Å². The Bertz CT molecular complexity index is 512. The maximum absolute atomic E-state index is 11.8. The number of hydrogen-bond acceptors (Lipinski definition) is 5. The van der Waals surface area contributed by atoms with E-state index in [4.69, 9.17) is 5.84 Å². The van der Waals surface area contributed by atoms with Crippen LogP contribution in [-0.4, -0.2) is 15.9 Å². The van der Waals surface area contributed by atoms with Crippen LogP contribution in [0.2, 0.25) is 0 Å². The highest BCUT2D eigenvalue weighted by molar-refractivity contribution is 5.92. The van der Waals surface area contributed by atoms with Crippen molar-refractivity contribution in [3.63, 3.8) is 0 Å². The van der Waals surface area contributed by atoms with Crippen molar-refractivity contribution in [2.75, 3.05) is 5.43 Å². The van der Waals surface area contributed by atoms with Crippen molar-refractivity contribution in [2.24, 2.45) is 5.84 Å². The van der Waals surface area contributed by atoms with E-state index < -0.39 is 0 Å². The first-order valence-electron chi connectivity index (χ1n) is 5.39. The molecule has 0 saturated carbocycles. The minimum Gasteiger partial charge on any atom is -0.347 e. The number of hydrazine groups is 1. The first-order valence-corrected chi connectivity index (χ1v) is 5.39. The van der Waals surface area contributed by atoms with Crippen LogP contribution in [0.1, 0.15) is 16.1 Å². The third kappa shape index (κ3) is 3.02. The van der Waals surface area contributed by atoms with Crippen molar-refractivity contribution in [3.05, 3.63) is 54.1 Å². The van der Waals surface area contributed by atoms with E-state index in [1.54, 1.807) is 24.5 Å². The van der Waals surface area contributed by atoms with Gasteiger partial charge in [0.2, 0.25) is 0 Å². The zero-order valence-electron chi connectivity index (χ0n) is 9.63. The molecule has 0 aliphatic carbocycles. The van der Waals surface area contributed by atoms with Crippen molar-refractivity contribution < 1.29 is 4.79 Å². The minimum absolute atomic E-state index is 0.226. The van der Waals surface area contributed by atoms with Crippen LogP contribution in [-0.2, 0) is 6.54 Å². The highest BCUT2D eigenvalue weighted by Crippen LogP contribution is 2.04. The van der Waals surface area contributed by atoms with E-state index in [9.17, 15) is 4.79 Å². The molecule has 4 N–H and O–H groups in total. The fourth-order valence-electron chi connectivity index (χ4n) is 1.39. The van der Waals surface area contributed by atoms with Gasteiger partial charge in [-0.05, 0) is 29.8 Å². The molecule has 2 aromatic heterocycles. The molecule has 0 saturated heterocycles. The molecule has 0 atom stereocenters. The van der Waals surface area contributed by atoms with Crippen molar-refractivity contribution in [1.82, 2.24) is 15.3 Å². The zero-order valence-corrected chi connectivity index (χ0v) is 9.63. The smallest absolute Gasteiger partial charge is 0.270 e. The molecule has 2 aromatic rings. The maximum Gasteiger partial charge on any atom is 0.270 e. The summed E-state index contributed by atoms with van der Waals surface area (Å²) in [7, 11) is 0. The SMILES string of the molecule is NNc1ccc(C(=O)NCc2ccncc2)nc1. The van der Waals surface area contributed by atoms with Gasteiger partial charge in [0.1, 0.15) is 5.69 Å². The largest absolute Gasteiger partial charge is 0.347 e. The lowest BCUT2D eigenvalue weighted by molar-refractivity contribution is 0.0946. The summed E-state index contributed by atoms with van der Waals surface area (Å²) in [5, 5.41) is 2.77. The Balaban J connectivity index is 1.95. The topological polar surface area (TPSA) is 92.9 Å². The van der Waals surface area contributed by atoms with Gasteiger partial charge in [0.25, 0.3) is 5.91 Å². The van der Waals surface area contributed by atoms with Crippen molar-refractivity contribution >= 4 is 11.6 Å². The van der Waals surface area contributed by atoms with Gasteiger partial charge in [-0.25, -0.2) is 4.98 Å². The molecular weight excluding hydrogens is 230 g/mol. The number of hydrogen-bond donors (Lipinski definition) is 3. The average molecular weight is 243 g/mol. The molecule has 92 valence electrons. The molecule has 0 spiro atoms. The fraction of sp³-hybridized carbons (Fsp3) is 0.0833. The molecule has 0 bridgehead atoms. The van der Waals surface area contributed by atoms with Gasteiger partial charge in [-0.1, -0.05) is 0 Å². The van der Waals surface area contributed by atoms with Gasteiger partial charge in [-0.2, -0.15) is 0 Å². The number of nitrogens with one attached hydrogen (secondary N) is 2. The lowest BCUT2D eigenvalue weighted by Gasteiger charge is -2.05. The number of carbonyl (C=O) groups excluding carboxylic acids is 1. The van der Waals surface area contributed by atoms with Crippen LogP contribution in [0.25, 0.3) is 0 Å². The van der Waals surface area contributed by atoms with Gasteiger partial charge in [0.15, 0.2) is 0 Å². The van der Waals surface area contributed by atoms with Crippen LogP contribution in [0, 0.1) is 0 Å². The third-order valence-corrected chi connectivity index (χ3v) is 2.37. The fourth-order valence-corrected chi connectivity index (χ4v) is 1.39. The summed E-state index contributed by atoms with van der Waals surface area (Å²) in [4.78, 5) is 19.7. The second-order valence-electron chi connectivity index (χ2n) is 3.61. The minimum atomic E-state index is -0.226. The molecule has 0 fully saturated rings. The molecule has 6 heteroatoms. The monoisotopic (exact) mass is 243 g/mol. The summed E-state index contributed by atoms with van der Waals surface area (Å²) < 4.78 is 0. The van der Waals surface area contributed by atoms with E-state index in [1.807, 2.05) is 12.1 Å². The van der Waals surface area contributed by atoms with E-state index in [2.05, 4.69) is 20.7 Å². The highest BCUT2D eigenvalue weighted by atomic mass is 16.1. The molecule has 0 unspecified atom stereocenters. The molecule has 2 heterocycles. The Morgan fingerprint density at radius 1 is 1.22 bits per heavy atom. The van der Waals surface area contributed by atoms with E-state index in [-0.39, 0.29) is 5.91 Å². The first kappa shape index (κ1) is 12.0. The van der Waals surface area contributed by atoms with Crippen LogP contribution in [0.15, 0.2) is 42.9 Å². The zero-order chi connectivity index (χ0) is 12.8. The van der Waals surface area contributed by atoms with Crippen LogP contribution >= 0.6 is 0 Å². The number of carbonyl (C=O) groups is 1. The quantitative estimate of drug-likeness (QED) is 0.542. The van der Waals surface area contributed by atoms with Crippen molar-refractivity contribution in [1.29, 1.82) is 0 Å². The predicted molar refractivity (Wildman–Crippen MR) is 67.5 cm³/mol. The Kier molecular flexibility index (Phi) is 3.83. The van der Waals surface area contributed by atoms with Gasteiger partial charge < -0.3 is 10.7 Å². The molecule has 2 rings (SSSR count).